The van der Waals surface area contributed by atoms with Crippen LogP contribution in [0, 0.1) is 4.77 Å². The van der Waals surface area contributed by atoms with Gasteiger partial charge in [-0.25, -0.2) is 0 Å². The van der Waals surface area contributed by atoms with Crippen molar-refractivity contribution in [1.29, 1.82) is 0 Å². The molecule has 25 heavy (non-hydrogen) atoms. The number of hydrogen-bond acceptors (Lipinski definition) is 3. The molecule has 0 radical (unpaired) electrons. The number of pyridine rings is 1. The highest BCUT2D eigenvalue weighted by molar-refractivity contribution is 7.71. The van der Waals surface area contributed by atoms with Crippen LogP contribution >= 0.6 is 12.2 Å². The molecule has 0 saturated carbocycles. The maximum atomic E-state index is 12.9. The average molecular weight is 344 g/mol. The third-order valence-corrected chi connectivity index (χ3v) is 4.73. The quantitative estimate of drug-likeness (QED) is 0.450. The third kappa shape index (κ3) is 2.04. The number of nitrogens with one attached hydrogen (secondary N) is 2. The molecule has 5 nitrogen and oxygen atoms in total. The molecule has 2 aromatic carbocycles. The molecule has 2 N–H and O–H groups in total. The summed E-state index contributed by atoms with van der Waals surface area (Å²) in [4.78, 5) is 23.6. The second kappa shape index (κ2) is 5.12. The first-order chi connectivity index (χ1) is 12.2. The minimum atomic E-state index is -0.125. The molecule has 3 aromatic heterocycles. The second-order valence-corrected chi connectivity index (χ2v) is 6.28. The van der Waals surface area contributed by atoms with Crippen molar-refractivity contribution in [3.05, 3.63) is 76.0 Å². The van der Waals surface area contributed by atoms with Gasteiger partial charge >= 0.3 is 0 Å². The Hall–Kier alpha value is -3.25. The lowest BCUT2D eigenvalue weighted by atomic mass is 10.1. The summed E-state index contributed by atoms with van der Waals surface area (Å²) < 4.78 is 1.92. The van der Waals surface area contributed by atoms with Crippen LogP contribution in [0.3, 0.4) is 0 Å². The van der Waals surface area contributed by atoms with Crippen LogP contribution in [0.1, 0.15) is 0 Å². The van der Waals surface area contributed by atoms with Gasteiger partial charge in [-0.2, -0.15) is 0 Å². The zero-order valence-corrected chi connectivity index (χ0v) is 13.8. The number of nitrogens with zero attached hydrogens (tertiary/aromatic N) is 2. The maximum absolute atomic E-state index is 12.9. The molecule has 120 valence electrons. The Kier molecular flexibility index (Phi) is 2.89. The summed E-state index contributed by atoms with van der Waals surface area (Å²) in [7, 11) is 0. The van der Waals surface area contributed by atoms with Gasteiger partial charge in [0.05, 0.1) is 28.3 Å². The number of hydrogen-bond donors (Lipinski definition) is 2. The average Bonchev–Trinajstić information content (AvgIpc) is 3.00. The molecule has 0 aliphatic carbocycles. The monoisotopic (exact) mass is 344 g/mol. The number of H-pyrrole nitrogens is 2. The standard InChI is InChI=1S/C19H12N4OS/c24-18-13-3-1-2-4-15(13)22-19(25)23(18)11-5-6-16-14(9-11)12-7-8-20-10-17(12)21-16/h1-10,21H,(H,22,25). The number of para-hydroxylation sites is 1. The van der Waals surface area contributed by atoms with E-state index in [2.05, 4.69) is 15.0 Å². The van der Waals surface area contributed by atoms with Crippen LogP contribution in [-0.2, 0) is 0 Å². The van der Waals surface area contributed by atoms with Gasteiger partial charge in [0.1, 0.15) is 0 Å². The maximum Gasteiger partial charge on any atom is 0.266 e. The number of rotatable bonds is 1. The molecule has 5 rings (SSSR count). The Morgan fingerprint density at radius 2 is 1.72 bits per heavy atom. The van der Waals surface area contributed by atoms with E-state index in [1.165, 1.54) is 4.57 Å². The SMILES string of the molecule is O=c1c2ccccc2[nH]c(=S)n1-c1ccc2[nH]c3cnccc3c2c1. The van der Waals surface area contributed by atoms with Crippen LogP contribution in [-0.4, -0.2) is 19.5 Å². The van der Waals surface area contributed by atoms with Gasteiger partial charge in [-0.15, -0.1) is 0 Å². The first kappa shape index (κ1) is 14.1. The van der Waals surface area contributed by atoms with Gasteiger partial charge in [-0.1, -0.05) is 12.1 Å². The Morgan fingerprint density at radius 1 is 0.880 bits per heavy atom. The lowest BCUT2D eigenvalue weighted by Crippen LogP contribution is -2.20. The van der Waals surface area contributed by atoms with E-state index in [0.717, 1.165) is 33.0 Å². The van der Waals surface area contributed by atoms with E-state index in [4.69, 9.17) is 12.2 Å². The molecule has 0 aliphatic heterocycles. The first-order valence-electron chi connectivity index (χ1n) is 7.82. The van der Waals surface area contributed by atoms with Crippen molar-refractivity contribution in [3.63, 3.8) is 0 Å². The van der Waals surface area contributed by atoms with Crippen molar-refractivity contribution in [2.45, 2.75) is 0 Å². The van der Waals surface area contributed by atoms with Gasteiger partial charge in [0.15, 0.2) is 4.77 Å². The summed E-state index contributed by atoms with van der Waals surface area (Å²) in [6, 6.07) is 15.2. The second-order valence-electron chi connectivity index (χ2n) is 5.89. The zero-order chi connectivity index (χ0) is 17.0. The van der Waals surface area contributed by atoms with Gasteiger partial charge in [-0.3, -0.25) is 14.3 Å². The molecule has 0 atom stereocenters. The predicted molar refractivity (Wildman–Crippen MR) is 102 cm³/mol. The van der Waals surface area contributed by atoms with Gasteiger partial charge in [0.25, 0.3) is 5.56 Å². The summed E-state index contributed by atoms with van der Waals surface area (Å²) >= 11 is 5.44. The molecular formula is C19H12N4OS. The summed E-state index contributed by atoms with van der Waals surface area (Å²) in [6.07, 6.45) is 3.56. The van der Waals surface area contributed by atoms with Crippen molar-refractivity contribution in [1.82, 2.24) is 19.5 Å². The highest BCUT2D eigenvalue weighted by Crippen LogP contribution is 2.26. The van der Waals surface area contributed by atoms with E-state index < -0.39 is 0 Å². The van der Waals surface area contributed by atoms with Gasteiger partial charge < -0.3 is 9.97 Å². The molecule has 0 spiro atoms. The van der Waals surface area contributed by atoms with E-state index in [1.807, 2.05) is 42.5 Å². The molecule has 0 fully saturated rings. The topological polar surface area (TPSA) is 66.5 Å². The molecule has 0 amide bonds. The van der Waals surface area contributed by atoms with Gasteiger partial charge in [-0.05, 0) is 48.6 Å². The van der Waals surface area contributed by atoms with Crippen LogP contribution in [0.5, 0.6) is 0 Å². The number of fused-ring (bicyclic) bond motifs is 4. The Balaban J connectivity index is 1.87. The molecule has 3 heterocycles. The van der Waals surface area contributed by atoms with Crippen LogP contribution in [0.2, 0.25) is 0 Å². The van der Waals surface area contributed by atoms with E-state index in [-0.39, 0.29) is 5.56 Å². The first-order valence-corrected chi connectivity index (χ1v) is 8.23. The fraction of sp³-hybridized carbons (Fsp3) is 0. The van der Waals surface area contributed by atoms with Crippen LogP contribution in [0.4, 0.5) is 0 Å². The fourth-order valence-electron chi connectivity index (χ4n) is 3.27. The lowest BCUT2D eigenvalue weighted by Gasteiger charge is -2.08. The van der Waals surface area contributed by atoms with Crippen LogP contribution < -0.4 is 5.56 Å². The highest BCUT2D eigenvalue weighted by Gasteiger charge is 2.10. The van der Waals surface area contributed by atoms with Crippen LogP contribution in [0.15, 0.2) is 65.7 Å². The number of benzene rings is 2. The van der Waals surface area contributed by atoms with Crippen LogP contribution in [0.25, 0.3) is 38.4 Å². The normalized spacial score (nSPS) is 11.5. The summed E-state index contributed by atoms with van der Waals surface area (Å²) in [5.41, 5.74) is 3.32. The number of aromatic amines is 2. The van der Waals surface area contributed by atoms with Crippen molar-refractivity contribution in [3.8, 4) is 5.69 Å². The smallest absolute Gasteiger partial charge is 0.266 e. The lowest BCUT2D eigenvalue weighted by molar-refractivity contribution is 0.942. The van der Waals surface area contributed by atoms with E-state index >= 15 is 0 Å². The largest absolute Gasteiger partial charge is 0.353 e. The van der Waals surface area contributed by atoms with E-state index in [0.29, 0.717) is 10.2 Å². The van der Waals surface area contributed by atoms with Gasteiger partial charge in [0, 0.05) is 22.5 Å². The molecule has 0 saturated heterocycles. The van der Waals surface area contributed by atoms with E-state index in [1.54, 1.807) is 18.5 Å². The summed E-state index contributed by atoms with van der Waals surface area (Å²) in [5.74, 6) is 0. The fourth-order valence-corrected chi connectivity index (χ4v) is 3.57. The van der Waals surface area contributed by atoms with Crippen molar-refractivity contribution in [2.75, 3.05) is 0 Å². The molecule has 0 aliphatic rings. The zero-order valence-electron chi connectivity index (χ0n) is 13.0. The predicted octanol–water partition coefficient (Wildman–Crippen LogP) is 4.08. The molecule has 0 bridgehead atoms. The number of aromatic nitrogens is 4. The Labute approximate surface area is 146 Å². The minimum Gasteiger partial charge on any atom is -0.353 e. The summed E-state index contributed by atoms with van der Waals surface area (Å²) in [5, 5.41) is 2.71. The molecule has 5 aromatic rings. The molecule has 6 heteroatoms. The van der Waals surface area contributed by atoms with Crippen molar-refractivity contribution < 1.29 is 0 Å². The van der Waals surface area contributed by atoms with Crippen molar-refractivity contribution >= 4 is 44.9 Å². The minimum absolute atomic E-state index is 0.125. The Bertz CT molecular complexity index is 1390. The molecular weight excluding hydrogens is 332 g/mol. The summed E-state index contributed by atoms with van der Waals surface area (Å²) in [6.45, 7) is 0. The third-order valence-electron chi connectivity index (χ3n) is 4.45. The van der Waals surface area contributed by atoms with Crippen molar-refractivity contribution in [2.24, 2.45) is 0 Å². The van der Waals surface area contributed by atoms with E-state index in [9.17, 15) is 4.79 Å². The van der Waals surface area contributed by atoms with Gasteiger partial charge in [0.2, 0.25) is 0 Å². The highest BCUT2D eigenvalue weighted by atomic mass is 32.1. The Morgan fingerprint density at radius 3 is 2.64 bits per heavy atom. The molecule has 0 unspecified atom stereocenters.